The third kappa shape index (κ3) is 3.17. The zero-order valence-corrected chi connectivity index (χ0v) is 10.5. The first-order valence-electron chi connectivity index (χ1n) is 6.04. The van der Waals surface area contributed by atoms with Crippen LogP contribution in [-0.2, 0) is 11.3 Å². The van der Waals surface area contributed by atoms with E-state index >= 15 is 0 Å². The van der Waals surface area contributed by atoms with Gasteiger partial charge in [0, 0.05) is 30.5 Å². The van der Waals surface area contributed by atoms with Crippen molar-refractivity contribution in [2.24, 2.45) is 0 Å². The summed E-state index contributed by atoms with van der Waals surface area (Å²) < 4.78 is 10.8. The monoisotopic (exact) mass is 236 g/mol. The Morgan fingerprint density at radius 2 is 2.47 bits per heavy atom. The molecule has 1 fully saturated rings. The highest BCUT2D eigenvalue weighted by atomic mass is 16.5. The lowest BCUT2D eigenvalue weighted by Gasteiger charge is -2.34. The van der Waals surface area contributed by atoms with E-state index in [9.17, 15) is 0 Å². The average Bonchev–Trinajstić information content (AvgIpc) is 2.38. The summed E-state index contributed by atoms with van der Waals surface area (Å²) in [5.41, 5.74) is 1.15. The molecular weight excluding hydrogens is 216 g/mol. The van der Waals surface area contributed by atoms with Gasteiger partial charge in [0.25, 0.3) is 0 Å². The summed E-state index contributed by atoms with van der Waals surface area (Å²) >= 11 is 0. The molecule has 1 aliphatic heterocycles. The van der Waals surface area contributed by atoms with Crippen molar-refractivity contribution in [1.82, 2.24) is 10.3 Å². The van der Waals surface area contributed by atoms with Gasteiger partial charge in [0.2, 0.25) is 5.88 Å². The van der Waals surface area contributed by atoms with E-state index in [0.29, 0.717) is 5.88 Å². The number of nitrogens with zero attached hydrogens (tertiary/aromatic N) is 1. The summed E-state index contributed by atoms with van der Waals surface area (Å²) in [6, 6.07) is 3.96. The quantitative estimate of drug-likeness (QED) is 0.865. The van der Waals surface area contributed by atoms with Gasteiger partial charge in [0.05, 0.1) is 13.7 Å². The van der Waals surface area contributed by atoms with Crippen LogP contribution in [0.3, 0.4) is 0 Å². The second-order valence-corrected chi connectivity index (χ2v) is 4.74. The molecular formula is C13H20N2O2. The van der Waals surface area contributed by atoms with E-state index in [-0.39, 0.29) is 5.54 Å². The zero-order valence-electron chi connectivity index (χ0n) is 10.5. The fourth-order valence-electron chi connectivity index (χ4n) is 2.12. The van der Waals surface area contributed by atoms with Crippen LogP contribution in [0, 0.1) is 0 Å². The van der Waals surface area contributed by atoms with Gasteiger partial charge < -0.3 is 14.8 Å². The van der Waals surface area contributed by atoms with E-state index in [1.54, 1.807) is 13.3 Å². The standard InChI is InChI=1S/C13H20N2O2/c1-13(6-4-8-17-10-13)15-9-11-5-3-7-14-12(11)16-2/h3,5,7,15H,4,6,8-10H2,1-2H3. The molecule has 0 amide bonds. The van der Waals surface area contributed by atoms with Crippen molar-refractivity contribution in [3.63, 3.8) is 0 Å². The number of rotatable bonds is 4. The predicted molar refractivity (Wildman–Crippen MR) is 66.1 cm³/mol. The molecule has 94 valence electrons. The maximum atomic E-state index is 5.52. The van der Waals surface area contributed by atoms with Crippen molar-refractivity contribution in [2.45, 2.75) is 31.8 Å². The molecule has 1 atom stereocenters. The number of ether oxygens (including phenoxy) is 2. The number of pyridine rings is 1. The van der Waals surface area contributed by atoms with Gasteiger partial charge in [-0.2, -0.15) is 0 Å². The van der Waals surface area contributed by atoms with Crippen LogP contribution >= 0.6 is 0 Å². The van der Waals surface area contributed by atoms with E-state index in [4.69, 9.17) is 9.47 Å². The molecule has 2 rings (SSSR count). The van der Waals surface area contributed by atoms with Crippen LogP contribution in [0.15, 0.2) is 18.3 Å². The van der Waals surface area contributed by atoms with Crippen LogP contribution in [0.4, 0.5) is 0 Å². The molecule has 0 spiro atoms. The van der Waals surface area contributed by atoms with Crippen LogP contribution in [0.2, 0.25) is 0 Å². The Morgan fingerprint density at radius 3 is 3.18 bits per heavy atom. The fourth-order valence-corrected chi connectivity index (χ4v) is 2.12. The highest BCUT2D eigenvalue weighted by Crippen LogP contribution is 2.20. The highest BCUT2D eigenvalue weighted by molar-refractivity contribution is 5.25. The molecule has 0 saturated carbocycles. The van der Waals surface area contributed by atoms with Crippen molar-refractivity contribution >= 4 is 0 Å². The summed E-state index contributed by atoms with van der Waals surface area (Å²) in [5, 5.41) is 3.54. The summed E-state index contributed by atoms with van der Waals surface area (Å²) in [4.78, 5) is 4.19. The van der Waals surface area contributed by atoms with Crippen LogP contribution in [0.1, 0.15) is 25.3 Å². The van der Waals surface area contributed by atoms with Crippen molar-refractivity contribution in [3.05, 3.63) is 23.9 Å². The van der Waals surface area contributed by atoms with Gasteiger partial charge in [-0.15, -0.1) is 0 Å². The maximum absolute atomic E-state index is 5.52. The van der Waals surface area contributed by atoms with Gasteiger partial charge in [-0.1, -0.05) is 6.07 Å². The Morgan fingerprint density at radius 1 is 1.59 bits per heavy atom. The van der Waals surface area contributed by atoms with Crippen LogP contribution in [0.25, 0.3) is 0 Å². The molecule has 4 nitrogen and oxygen atoms in total. The summed E-state index contributed by atoms with van der Waals surface area (Å²) in [6.45, 7) is 4.62. The third-order valence-electron chi connectivity index (χ3n) is 3.19. The highest BCUT2D eigenvalue weighted by Gasteiger charge is 2.26. The van der Waals surface area contributed by atoms with E-state index in [0.717, 1.165) is 38.2 Å². The SMILES string of the molecule is COc1ncccc1CNC1(C)CCCOC1. The molecule has 2 heterocycles. The number of aromatic nitrogens is 1. The minimum absolute atomic E-state index is 0.0686. The minimum Gasteiger partial charge on any atom is -0.481 e. The largest absolute Gasteiger partial charge is 0.481 e. The van der Waals surface area contributed by atoms with E-state index in [1.165, 1.54) is 0 Å². The molecule has 17 heavy (non-hydrogen) atoms. The number of hydrogen-bond acceptors (Lipinski definition) is 4. The Labute approximate surface area is 102 Å². The predicted octanol–water partition coefficient (Wildman–Crippen LogP) is 1.75. The number of nitrogens with one attached hydrogen (secondary N) is 1. The smallest absolute Gasteiger partial charge is 0.217 e. The van der Waals surface area contributed by atoms with Gasteiger partial charge >= 0.3 is 0 Å². The number of hydrogen-bond donors (Lipinski definition) is 1. The first-order valence-corrected chi connectivity index (χ1v) is 6.04. The van der Waals surface area contributed by atoms with Crippen molar-refractivity contribution in [3.8, 4) is 5.88 Å². The molecule has 1 saturated heterocycles. The van der Waals surface area contributed by atoms with Crippen molar-refractivity contribution < 1.29 is 9.47 Å². The Balaban J connectivity index is 1.96. The zero-order chi connectivity index (χ0) is 12.1. The summed E-state index contributed by atoms with van der Waals surface area (Å²) in [6.07, 6.45) is 4.01. The lowest BCUT2D eigenvalue weighted by Crippen LogP contribution is -2.48. The van der Waals surface area contributed by atoms with Crippen LogP contribution in [-0.4, -0.2) is 30.8 Å². The molecule has 1 N–H and O–H groups in total. The molecule has 1 unspecified atom stereocenters. The van der Waals surface area contributed by atoms with E-state index in [1.807, 2.05) is 12.1 Å². The van der Waals surface area contributed by atoms with Gasteiger partial charge in [-0.3, -0.25) is 0 Å². The van der Waals surface area contributed by atoms with Crippen LogP contribution in [0.5, 0.6) is 5.88 Å². The summed E-state index contributed by atoms with van der Waals surface area (Å²) in [5.74, 6) is 0.695. The molecule has 1 aliphatic rings. The summed E-state index contributed by atoms with van der Waals surface area (Å²) in [7, 11) is 1.65. The minimum atomic E-state index is 0.0686. The van der Waals surface area contributed by atoms with Gasteiger partial charge in [0.1, 0.15) is 0 Å². The number of methoxy groups -OCH3 is 1. The molecule has 0 radical (unpaired) electrons. The lowest BCUT2D eigenvalue weighted by atomic mass is 9.94. The van der Waals surface area contributed by atoms with Gasteiger partial charge in [-0.25, -0.2) is 4.98 Å². The maximum Gasteiger partial charge on any atom is 0.217 e. The topological polar surface area (TPSA) is 43.4 Å². The first-order chi connectivity index (χ1) is 8.23. The van der Waals surface area contributed by atoms with Gasteiger partial charge in [0.15, 0.2) is 0 Å². The second kappa shape index (κ2) is 5.47. The third-order valence-corrected chi connectivity index (χ3v) is 3.19. The molecule has 0 aromatic carbocycles. The molecule has 1 aromatic rings. The first kappa shape index (κ1) is 12.3. The van der Waals surface area contributed by atoms with E-state index < -0.39 is 0 Å². The normalized spacial score (nSPS) is 24.6. The Kier molecular flexibility index (Phi) is 3.97. The molecule has 1 aromatic heterocycles. The molecule has 0 aliphatic carbocycles. The van der Waals surface area contributed by atoms with Crippen LogP contribution < -0.4 is 10.1 Å². The Hall–Kier alpha value is -1.13. The Bertz CT molecular complexity index is 362. The van der Waals surface area contributed by atoms with E-state index in [2.05, 4.69) is 17.2 Å². The van der Waals surface area contributed by atoms with Crippen molar-refractivity contribution in [2.75, 3.05) is 20.3 Å². The molecule has 4 heteroatoms. The second-order valence-electron chi connectivity index (χ2n) is 4.74. The fraction of sp³-hybridized carbons (Fsp3) is 0.615. The van der Waals surface area contributed by atoms with Crippen molar-refractivity contribution in [1.29, 1.82) is 0 Å². The lowest BCUT2D eigenvalue weighted by molar-refractivity contribution is 0.0277. The van der Waals surface area contributed by atoms with Gasteiger partial charge in [-0.05, 0) is 25.8 Å². The average molecular weight is 236 g/mol. The molecule has 0 bridgehead atoms.